The minimum Gasteiger partial charge on any atom is -0.320 e. The summed E-state index contributed by atoms with van der Waals surface area (Å²) in [5.74, 6) is 0.0922. The molecular weight excluding hydrogens is 180 g/mol. The van der Waals surface area contributed by atoms with E-state index in [2.05, 4.69) is 17.0 Å². The van der Waals surface area contributed by atoms with Crippen LogP contribution in [0.25, 0.3) is 0 Å². The zero-order valence-electron chi connectivity index (χ0n) is 8.65. The average Bonchev–Trinajstić information content (AvgIpc) is 2.50. The first-order valence-electron chi connectivity index (χ1n) is 5.19. The van der Waals surface area contributed by atoms with Gasteiger partial charge in [0.15, 0.2) is 0 Å². The minimum absolute atomic E-state index is 0.0922. The molecule has 0 saturated carbocycles. The summed E-state index contributed by atoms with van der Waals surface area (Å²) in [4.78, 5) is 13.9. The summed E-state index contributed by atoms with van der Waals surface area (Å²) in [5.41, 5.74) is 5.67. The third-order valence-electron chi connectivity index (χ3n) is 3.04. The maximum atomic E-state index is 11.6. The number of carbonyl (C=O) groups is 1. The van der Waals surface area contributed by atoms with Crippen molar-refractivity contribution in [2.45, 2.75) is 12.5 Å². The summed E-state index contributed by atoms with van der Waals surface area (Å²) < 4.78 is 0. The van der Waals surface area contributed by atoms with Gasteiger partial charge in [-0.15, -0.1) is 0 Å². The van der Waals surface area contributed by atoms with E-state index < -0.39 is 0 Å². The number of rotatable bonds is 1. The lowest BCUT2D eigenvalue weighted by Gasteiger charge is -2.37. The lowest BCUT2D eigenvalue weighted by Crippen LogP contribution is -2.54. The molecule has 0 aromatic rings. The van der Waals surface area contributed by atoms with Crippen molar-refractivity contribution < 1.29 is 4.79 Å². The van der Waals surface area contributed by atoms with Crippen LogP contribution in [-0.4, -0.2) is 66.6 Å². The Labute approximate surface area is 84.4 Å². The first-order valence-corrected chi connectivity index (χ1v) is 5.19. The Morgan fingerprint density at radius 2 is 1.86 bits per heavy atom. The van der Waals surface area contributed by atoms with Crippen LogP contribution >= 0.6 is 0 Å². The summed E-state index contributed by atoms with van der Waals surface area (Å²) in [6.07, 6.45) is 0.797. The van der Waals surface area contributed by atoms with E-state index in [0.29, 0.717) is 0 Å². The topological polar surface area (TPSA) is 52.8 Å². The van der Waals surface area contributed by atoms with Gasteiger partial charge < -0.3 is 10.6 Å². The molecule has 5 heteroatoms. The van der Waals surface area contributed by atoms with Gasteiger partial charge in [-0.1, -0.05) is 0 Å². The van der Waals surface area contributed by atoms with Crippen molar-refractivity contribution in [3.63, 3.8) is 0 Å². The van der Waals surface area contributed by atoms with E-state index in [-0.39, 0.29) is 11.9 Å². The van der Waals surface area contributed by atoms with Crippen LogP contribution in [-0.2, 0) is 4.79 Å². The monoisotopic (exact) mass is 198 g/mol. The number of hydrazine groups is 1. The van der Waals surface area contributed by atoms with Gasteiger partial charge in [0.2, 0.25) is 0 Å². The molecule has 2 heterocycles. The predicted molar refractivity (Wildman–Crippen MR) is 53.4 cm³/mol. The van der Waals surface area contributed by atoms with Crippen molar-refractivity contribution in [2.75, 3.05) is 39.8 Å². The number of nitrogens with zero attached hydrogens (tertiary/aromatic N) is 3. The number of likely N-dealkylation sites (N-methyl/N-ethyl adjacent to an activating group) is 1. The summed E-state index contributed by atoms with van der Waals surface area (Å²) in [5, 5.41) is 3.97. The second-order valence-electron chi connectivity index (χ2n) is 4.11. The number of hydrogen-bond acceptors (Lipinski definition) is 4. The van der Waals surface area contributed by atoms with Crippen LogP contribution in [0.4, 0.5) is 0 Å². The molecule has 80 valence electrons. The predicted octanol–water partition coefficient (Wildman–Crippen LogP) is -1.29. The van der Waals surface area contributed by atoms with Gasteiger partial charge in [0.05, 0.1) is 6.04 Å². The highest BCUT2D eigenvalue weighted by atomic mass is 16.2. The van der Waals surface area contributed by atoms with Gasteiger partial charge in [-0.25, -0.2) is 5.01 Å². The van der Waals surface area contributed by atoms with Crippen LogP contribution in [0.2, 0.25) is 0 Å². The fourth-order valence-electron chi connectivity index (χ4n) is 2.00. The molecule has 2 aliphatic rings. The molecule has 0 aromatic heterocycles. The minimum atomic E-state index is -0.269. The molecule has 2 aliphatic heterocycles. The summed E-state index contributed by atoms with van der Waals surface area (Å²) >= 11 is 0. The normalized spacial score (nSPS) is 31.4. The molecule has 0 aromatic carbocycles. The maximum Gasteiger partial charge on any atom is 0.253 e. The molecule has 0 aliphatic carbocycles. The van der Waals surface area contributed by atoms with Crippen molar-refractivity contribution in [3.05, 3.63) is 0 Å². The maximum absolute atomic E-state index is 11.6. The van der Waals surface area contributed by atoms with E-state index in [1.807, 2.05) is 5.01 Å². The molecule has 2 saturated heterocycles. The van der Waals surface area contributed by atoms with E-state index in [1.54, 1.807) is 0 Å². The van der Waals surface area contributed by atoms with E-state index >= 15 is 0 Å². The fourth-order valence-corrected chi connectivity index (χ4v) is 2.00. The molecular formula is C9H18N4O. The lowest BCUT2D eigenvalue weighted by molar-refractivity contribution is -0.146. The number of piperazine rings is 1. The molecule has 5 nitrogen and oxygen atoms in total. The Hall–Kier alpha value is -0.650. The highest BCUT2D eigenvalue weighted by molar-refractivity contribution is 5.83. The summed E-state index contributed by atoms with van der Waals surface area (Å²) in [6, 6.07) is -0.269. The first kappa shape index (κ1) is 9.89. The second-order valence-corrected chi connectivity index (χ2v) is 4.11. The third kappa shape index (κ3) is 1.75. The standard InChI is InChI=1S/C9H18N4O/c1-11-4-6-12(7-5-11)13-3-2-8(10)9(13)14/h8H,2-7,10H2,1H3. The van der Waals surface area contributed by atoms with Crippen molar-refractivity contribution in [3.8, 4) is 0 Å². The Bertz CT molecular complexity index is 225. The summed E-state index contributed by atoms with van der Waals surface area (Å²) in [7, 11) is 2.11. The third-order valence-corrected chi connectivity index (χ3v) is 3.04. The Balaban J connectivity index is 1.93. The van der Waals surface area contributed by atoms with Crippen LogP contribution in [0.3, 0.4) is 0 Å². The zero-order valence-corrected chi connectivity index (χ0v) is 8.65. The number of carbonyl (C=O) groups excluding carboxylic acids is 1. The van der Waals surface area contributed by atoms with Gasteiger partial charge in [0.25, 0.3) is 5.91 Å². The smallest absolute Gasteiger partial charge is 0.253 e. The molecule has 2 rings (SSSR count). The van der Waals surface area contributed by atoms with Crippen LogP contribution in [0.5, 0.6) is 0 Å². The average molecular weight is 198 g/mol. The lowest BCUT2D eigenvalue weighted by atomic mass is 10.3. The van der Waals surface area contributed by atoms with Crippen molar-refractivity contribution in [2.24, 2.45) is 5.73 Å². The molecule has 0 spiro atoms. The van der Waals surface area contributed by atoms with Gasteiger partial charge in [-0.3, -0.25) is 9.80 Å². The number of nitrogens with two attached hydrogens (primary N) is 1. The van der Waals surface area contributed by atoms with Crippen LogP contribution in [0, 0.1) is 0 Å². The van der Waals surface area contributed by atoms with Gasteiger partial charge in [-0.05, 0) is 13.5 Å². The zero-order chi connectivity index (χ0) is 10.1. The molecule has 1 amide bonds. The highest BCUT2D eigenvalue weighted by Gasteiger charge is 2.33. The first-order chi connectivity index (χ1) is 6.68. The number of amides is 1. The Morgan fingerprint density at radius 3 is 2.36 bits per heavy atom. The molecule has 1 unspecified atom stereocenters. The van der Waals surface area contributed by atoms with Crippen molar-refractivity contribution in [1.29, 1.82) is 0 Å². The quantitative estimate of drug-likeness (QED) is 0.569. The van der Waals surface area contributed by atoms with Crippen molar-refractivity contribution in [1.82, 2.24) is 14.9 Å². The van der Waals surface area contributed by atoms with Crippen LogP contribution in [0.15, 0.2) is 0 Å². The fraction of sp³-hybridized carbons (Fsp3) is 0.889. The largest absolute Gasteiger partial charge is 0.320 e. The highest BCUT2D eigenvalue weighted by Crippen LogP contribution is 2.13. The van der Waals surface area contributed by atoms with E-state index in [0.717, 1.165) is 39.1 Å². The van der Waals surface area contributed by atoms with Gasteiger partial charge in [-0.2, -0.15) is 0 Å². The van der Waals surface area contributed by atoms with Crippen LogP contribution in [0.1, 0.15) is 6.42 Å². The SMILES string of the molecule is CN1CCN(N2CCC(N)C2=O)CC1. The summed E-state index contributed by atoms with van der Waals surface area (Å²) in [6.45, 7) is 4.73. The van der Waals surface area contributed by atoms with Crippen molar-refractivity contribution >= 4 is 5.91 Å². The van der Waals surface area contributed by atoms with Gasteiger partial charge in [0.1, 0.15) is 0 Å². The van der Waals surface area contributed by atoms with E-state index in [4.69, 9.17) is 5.73 Å². The second kappa shape index (κ2) is 3.84. The Morgan fingerprint density at radius 1 is 1.21 bits per heavy atom. The van der Waals surface area contributed by atoms with E-state index in [1.165, 1.54) is 0 Å². The van der Waals surface area contributed by atoms with Gasteiger partial charge >= 0.3 is 0 Å². The molecule has 1 atom stereocenters. The Kier molecular flexibility index (Phi) is 2.71. The molecule has 2 fully saturated rings. The van der Waals surface area contributed by atoms with Crippen LogP contribution < -0.4 is 5.73 Å². The van der Waals surface area contributed by atoms with Gasteiger partial charge in [0, 0.05) is 32.7 Å². The molecule has 0 radical (unpaired) electrons. The van der Waals surface area contributed by atoms with E-state index in [9.17, 15) is 4.79 Å². The number of hydrogen-bond donors (Lipinski definition) is 1. The molecule has 0 bridgehead atoms. The molecule has 14 heavy (non-hydrogen) atoms. The molecule has 2 N–H and O–H groups in total.